The molecule has 0 bridgehead atoms. The van der Waals surface area contributed by atoms with Crippen LogP contribution in [-0.4, -0.2) is 47.4 Å². The van der Waals surface area contributed by atoms with Crippen LogP contribution in [0.4, 0.5) is 0 Å². The average Bonchev–Trinajstić information content (AvgIpc) is 3.31. The maximum absolute atomic E-state index is 12.5. The van der Waals surface area contributed by atoms with Crippen molar-refractivity contribution >= 4 is 11.9 Å². The Morgan fingerprint density at radius 3 is 1.11 bits per heavy atom. The molecule has 0 saturated carbocycles. The highest BCUT2D eigenvalue weighted by atomic mass is 16.5. The number of hydrogen-bond acceptors (Lipinski definition) is 5. The number of aliphatic hydroxyl groups excluding tert-OH is 2. The van der Waals surface area contributed by atoms with Gasteiger partial charge >= 0.3 is 5.97 Å². The topological polar surface area (TPSA) is 95.9 Å². The van der Waals surface area contributed by atoms with E-state index in [1.807, 2.05) is 6.08 Å². The van der Waals surface area contributed by atoms with Gasteiger partial charge in [-0.3, -0.25) is 9.59 Å². The Labute approximate surface area is 404 Å². The van der Waals surface area contributed by atoms with Crippen LogP contribution in [0.3, 0.4) is 0 Å². The van der Waals surface area contributed by atoms with Gasteiger partial charge in [0.1, 0.15) is 0 Å². The highest BCUT2D eigenvalue weighted by Crippen LogP contribution is 2.16. The number of nitrogens with one attached hydrogen (secondary N) is 1. The van der Waals surface area contributed by atoms with Crippen LogP contribution in [0.25, 0.3) is 0 Å². The molecule has 65 heavy (non-hydrogen) atoms. The summed E-state index contributed by atoms with van der Waals surface area (Å²) in [6.07, 6.45) is 67.3. The molecule has 0 saturated heterocycles. The Hall–Kier alpha value is -1.92. The third kappa shape index (κ3) is 51.3. The zero-order chi connectivity index (χ0) is 47.2. The molecular formula is C59H111NO5. The normalized spacial score (nSPS) is 12.9. The monoisotopic (exact) mass is 914 g/mol. The third-order valence-electron chi connectivity index (χ3n) is 13.1. The second-order valence-corrected chi connectivity index (χ2v) is 19.6. The Morgan fingerprint density at radius 1 is 0.415 bits per heavy atom. The van der Waals surface area contributed by atoms with Crippen LogP contribution < -0.4 is 5.32 Å². The first-order chi connectivity index (χ1) is 32.0. The summed E-state index contributed by atoms with van der Waals surface area (Å²) in [6.45, 7) is 4.87. The summed E-state index contributed by atoms with van der Waals surface area (Å²) in [4.78, 5) is 24.5. The first-order valence-electron chi connectivity index (χ1n) is 28.8. The summed E-state index contributed by atoms with van der Waals surface area (Å²) in [5.41, 5.74) is 0. The molecule has 0 aromatic rings. The van der Waals surface area contributed by atoms with Crippen LogP contribution in [0.1, 0.15) is 303 Å². The molecule has 0 spiro atoms. The van der Waals surface area contributed by atoms with E-state index in [1.54, 1.807) is 6.08 Å². The Morgan fingerprint density at radius 2 is 0.723 bits per heavy atom. The van der Waals surface area contributed by atoms with Gasteiger partial charge in [0.15, 0.2) is 0 Å². The van der Waals surface area contributed by atoms with Gasteiger partial charge in [-0.1, -0.05) is 243 Å². The summed E-state index contributed by atoms with van der Waals surface area (Å²) in [5.74, 6) is -0.0912. The van der Waals surface area contributed by atoms with Gasteiger partial charge in [-0.25, -0.2) is 0 Å². The van der Waals surface area contributed by atoms with Crippen molar-refractivity contribution in [1.29, 1.82) is 0 Å². The fraction of sp³-hybridized carbons (Fsp3) is 0.864. The lowest BCUT2D eigenvalue weighted by Crippen LogP contribution is -2.45. The number of unbranched alkanes of at least 4 members (excludes halogenated alkanes) is 38. The number of allylic oxidation sites excluding steroid dienone is 5. The molecule has 0 aliphatic carbocycles. The van der Waals surface area contributed by atoms with Crippen LogP contribution in [0.2, 0.25) is 0 Å². The van der Waals surface area contributed by atoms with E-state index in [-0.39, 0.29) is 18.5 Å². The first kappa shape index (κ1) is 63.1. The van der Waals surface area contributed by atoms with Crippen LogP contribution >= 0.6 is 0 Å². The molecule has 0 aromatic carbocycles. The van der Waals surface area contributed by atoms with Crippen molar-refractivity contribution in [2.24, 2.45) is 0 Å². The van der Waals surface area contributed by atoms with Gasteiger partial charge < -0.3 is 20.3 Å². The maximum atomic E-state index is 12.5. The molecule has 0 radical (unpaired) electrons. The predicted molar refractivity (Wildman–Crippen MR) is 283 cm³/mol. The van der Waals surface area contributed by atoms with Gasteiger partial charge in [0.2, 0.25) is 5.91 Å². The highest BCUT2D eigenvalue weighted by Gasteiger charge is 2.18. The molecule has 6 nitrogen and oxygen atoms in total. The quantitative estimate of drug-likeness (QED) is 0.0321. The van der Waals surface area contributed by atoms with Gasteiger partial charge in [0.25, 0.3) is 0 Å². The number of hydrogen-bond donors (Lipinski definition) is 3. The molecule has 1 amide bonds. The third-order valence-corrected chi connectivity index (χ3v) is 13.1. The van der Waals surface area contributed by atoms with Crippen molar-refractivity contribution in [2.45, 2.75) is 315 Å². The lowest BCUT2D eigenvalue weighted by atomic mass is 10.0. The van der Waals surface area contributed by atoms with Gasteiger partial charge in [0.05, 0.1) is 25.4 Å². The van der Waals surface area contributed by atoms with E-state index in [0.717, 1.165) is 57.8 Å². The van der Waals surface area contributed by atoms with Crippen LogP contribution in [0.5, 0.6) is 0 Å². The smallest absolute Gasteiger partial charge is 0.305 e. The Kier molecular flexibility index (Phi) is 53.1. The summed E-state index contributed by atoms with van der Waals surface area (Å²) < 4.78 is 5.45. The zero-order valence-electron chi connectivity index (χ0n) is 43.5. The van der Waals surface area contributed by atoms with Crippen molar-refractivity contribution in [3.8, 4) is 0 Å². The number of carbonyl (C=O) groups is 2. The molecule has 6 heteroatoms. The van der Waals surface area contributed by atoms with E-state index in [2.05, 4.69) is 43.5 Å². The molecule has 0 fully saturated rings. The molecule has 0 aliphatic heterocycles. The average molecular weight is 915 g/mol. The van der Waals surface area contributed by atoms with Crippen molar-refractivity contribution in [2.75, 3.05) is 13.2 Å². The van der Waals surface area contributed by atoms with Crippen molar-refractivity contribution in [3.05, 3.63) is 36.5 Å². The van der Waals surface area contributed by atoms with Crippen LogP contribution in [-0.2, 0) is 14.3 Å². The Bertz CT molecular complexity index is 1060. The van der Waals surface area contributed by atoms with Crippen molar-refractivity contribution in [3.63, 3.8) is 0 Å². The Balaban J connectivity index is 3.50. The highest BCUT2D eigenvalue weighted by molar-refractivity contribution is 5.76. The second kappa shape index (κ2) is 54.7. The standard InChI is InChI=1S/C59H111NO5/c1-3-5-7-9-11-13-15-17-18-19-21-24-28-31-35-39-43-47-51-57(62)56(55-61)60-58(63)52-48-44-40-36-32-29-25-22-20-23-26-30-34-38-42-46-50-54-65-59(64)53-49-45-41-37-33-27-16-14-12-10-8-6-4-2/h14,16,20,23,47,51,56-57,61-62H,3-13,15,17-19,21-22,24-46,48-50,52-55H2,1-2H3,(H,60,63)/b16-14-,23-20-,51-47+. The van der Waals surface area contributed by atoms with E-state index >= 15 is 0 Å². The van der Waals surface area contributed by atoms with Gasteiger partial charge in [-0.15, -0.1) is 0 Å². The number of aliphatic hydroxyl groups is 2. The molecular weight excluding hydrogens is 803 g/mol. The lowest BCUT2D eigenvalue weighted by molar-refractivity contribution is -0.143. The summed E-state index contributed by atoms with van der Waals surface area (Å²) >= 11 is 0. The summed E-state index contributed by atoms with van der Waals surface area (Å²) in [5, 5.41) is 23.1. The molecule has 0 rings (SSSR count). The number of carbonyl (C=O) groups excluding carboxylic acids is 2. The number of amides is 1. The zero-order valence-corrected chi connectivity index (χ0v) is 43.5. The van der Waals surface area contributed by atoms with E-state index in [1.165, 1.54) is 218 Å². The first-order valence-corrected chi connectivity index (χ1v) is 28.8. The van der Waals surface area contributed by atoms with Gasteiger partial charge in [-0.05, 0) is 83.5 Å². The van der Waals surface area contributed by atoms with E-state index in [9.17, 15) is 19.8 Å². The van der Waals surface area contributed by atoms with Gasteiger partial charge in [0, 0.05) is 12.8 Å². The molecule has 382 valence electrons. The van der Waals surface area contributed by atoms with Crippen LogP contribution in [0, 0.1) is 0 Å². The van der Waals surface area contributed by atoms with Gasteiger partial charge in [-0.2, -0.15) is 0 Å². The van der Waals surface area contributed by atoms with Crippen molar-refractivity contribution < 1.29 is 24.5 Å². The van der Waals surface area contributed by atoms with E-state index < -0.39 is 12.1 Å². The number of ether oxygens (including phenoxy) is 1. The number of esters is 1. The lowest BCUT2D eigenvalue weighted by Gasteiger charge is -2.20. The molecule has 0 aromatic heterocycles. The predicted octanol–water partition coefficient (Wildman–Crippen LogP) is 17.6. The van der Waals surface area contributed by atoms with E-state index in [0.29, 0.717) is 19.4 Å². The largest absolute Gasteiger partial charge is 0.466 e. The fourth-order valence-corrected chi connectivity index (χ4v) is 8.68. The SMILES string of the molecule is CCCCCC/C=C\CCCCCCCC(=O)OCCCCCCCC/C=C\CCCCCCCCCC(=O)NC(CO)C(O)/C=C/CCCCCCCCCCCCCCCCCC. The van der Waals surface area contributed by atoms with Crippen LogP contribution in [0.15, 0.2) is 36.5 Å². The van der Waals surface area contributed by atoms with E-state index in [4.69, 9.17) is 4.74 Å². The van der Waals surface area contributed by atoms with Crippen molar-refractivity contribution in [1.82, 2.24) is 5.32 Å². The minimum Gasteiger partial charge on any atom is -0.466 e. The minimum atomic E-state index is -0.853. The molecule has 0 heterocycles. The molecule has 3 N–H and O–H groups in total. The second-order valence-electron chi connectivity index (χ2n) is 19.6. The minimum absolute atomic E-state index is 0.0122. The maximum Gasteiger partial charge on any atom is 0.305 e. The number of rotatable bonds is 53. The molecule has 0 aliphatic rings. The summed E-state index contributed by atoms with van der Waals surface area (Å²) in [7, 11) is 0. The summed E-state index contributed by atoms with van der Waals surface area (Å²) in [6, 6.07) is -0.638. The fourth-order valence-electron chi connectivity index (χ4n) is 8.68. The molecule has 2 unspecified atom stereocenters. The molecule has 2 atom stereocenters.